The van der Waals surface area contributed by atoms with Gasteiger partial charge >= 0.3 is 29.8 Å². The van der Waals surface area contributed by atoms with E-state index in [4.69, 9.17) is 35.3 Å². The monoisotopic (exact) mass is 682 g/mol. The van der Waals surface area contributed by atoms with Crippen LogP contribution in [0, 0.1) is 0 Å². The molecule has 0 aromatic heterocycles. The van der Waals surface area contributed by atoms with Gasteiger partial charge in [0.05, 0.1) is 18.8 Å². The summed E-state index contributed by atoms with van der Waals surface area (Å²) in [5.74, 6) is -3.52. The van der Waals surface area contributed by atoms with Crippen LogP contribution in [0.2, 0.25) is 5.02 Å². The fourth-order valence-electron chi connectivity index (χ4n) is 4.31. The third-order valence-electron chi connectivity index (χ3n) is 6.72. The fraction of sp³-hybridized carbons (Fsp3) is 0.132. The molecule has 0 aliphatic heterocycles. The highest BCUT2D eigenvalue weighted by Crippen LogP contribution is 2.27. The molecular formula is C38H31ClO10. The molecular weight excluding hydrogens is 652 g/mol. The highest BCUT2D eigenvalue weighted by Gasteiger charge is 2.20. The number of ether oxygens (including phenoxy) is 5. The maximum Gasteiger partial charge on any atom is 0.343 e. The van der Waals surface area contributed by atoms with Crippen molar-refractivity contribution in [2.45, 2.75) is 19.4 Å². The van der Waals surface area contributed by atoms with E-state index in [1.54, 1.807) is 54.6 Å². The normalized spacial score (nSPS) is 10.6. The van der Waals surface area contributed by atoms with Gasteiger partial charge in [0, 0.05) is 23.3 Å². The van der Waals surface area contributed by atoms with Crippen LogP contribution in [0.15, 0.2) is 110 Å². The molecule has 0 atom stereocenters. The first kappa shape index (κ1) is 35.8. The van der Waals surface area contributed by atoms with E-state index < -0.39 is 29.8 Å². The van der Waals surface area contributed by atoms with Gasteiger partial charge in [-0.05, 0) is 89.3 Å². The van der Waals surface area contributed by atoms with Crippen molar-refractivity contribution in [3.63, 3.8) is 0 Å². The lowest BCUT2D eigenvalue weighted by molar-refractivity contribution is -0.139. The molecule has 0 fully saturated rings. The summed E-state index contributed by atoms with van der Waals surface area (Å²) in [7, 11) is 0. The van der Waals surface area contributed by atoms with Gasteiger partial charge in [-0.2, -0.15) is 0 Å². The summed E-state index contributed by atoms with van der Waals surface area (Å²) in [6.07, 6.45) is 5.66. The number of hydrogen-bond donors (Lipinski definition) is 0. The second-order valence-corrected chi connectivity index (χ2v) is 10.7. The number of benzene rings is 4. The minimum Gasteiger partial charge on any atom is -0.463 e. The van der Waals surface area contributed by atoms with Crippen LogP contribution in [-0.4, -0.2) is 43.1 Å². The van der Waals surface area contributed by atoms with Gasteiger partial charge in [0.1, 0.15) is 23.7 Å². The summed E-state index contributed by atoms with van der Waals surface area (Å²) in [5, 5.41) is 2.02. The van der Waals surface area contributed by atoms with Crippen LogP contribution in [0.25, 0.3) is 16.8 Å². The number of rotatable bonds is 15. The maximum absolute atomic E-state index is 13.2. The van der Waals surface area contributed by atoms with Crippen molar-refractivity contribution in [2.75, 3.05) is 13.2 Å². The van der Waals surface area contributed by atoms with Crippen molar-refractivity contribution in [3.05, 3.63) is 138 Å². The van der Waals surface area contributed by atoms with Gasteiger partial charge in [0.25, 0.3) is 0 Å². The number of fused-ring (bicyclic) bond motifs is 1. The minimum atomic E-state index is -0.832. The lowest BCUT2D eigenvalue weighted by Crippen LogP contribution is -2.14. The van der Waals surface area contributed by atoms with Gasteiger partial charge in [0.2, 0.25) is 0 Å². The van der Waals surface area contributed by atoms with Crippen LogP contribution in [0.1, 0.15) is 44.7 Å². The Kier molecular flexibility index (Phi) is 13.0. The molecule has 0 aliphatic carbocycles. The molecule has 0 heterocycles. The summed E-state index contributed by atoms with van der Waals surface area (Å²) in [6.45, 7) is 6.86. The zero-order valence-corrected chi connectivity index (χ0v) is 27.0. The van der Waals surface area contributed by atoms with Crippen molar-refractivity contribution in [2.24, 2.45) is 0 Å². The van der Waals surface area contributed by atoms with E-state index in [1.807, 2.05) is 6.07 Å². The van der Waals surface area contributed by atoms with E-state index in [2.05, 4.69) is 13.2 Å². The maximum atomic E-state index is 13.2. The van der Waals surface area contributed by atoms with Gasteiger partial charge in [-0.1, -0.05) is 55.1 Å². The summed E-state index contributed by atoms with van der Waals surface area (Å²) < 4.78 is 26.4. The number of halogens is 1. The SMILES string of the molecule is C=CC(=O)OCCCCOC(=O)c1cc(OC(=O)/C=C/c2cccc(Cl)c2)ccc1OC(=O)c1ccc2cc(COC(=O)C=C)ccc2c1. The van der Waals surface area contributed by atoms with E-state index in [0.29, 0.717) is 23.4 Å². The Morgan fingerprint density at radius 3 is 2.14 bits per heavy atom. The minimum absolute atomic E-state index is 0.00381. The first-order valence-electron chi connectivity index (χ1n) is 14.9. The van der Waals surface area contributed by atoms with Crippen LogP contribution in [0.3, 0.4) is 0 Å². The Morgan fingerprint density at radius 2 is 1.39 bits per heavy atom. The van der Waals surface area contributed by atoms with Gasteiger partial charge in [-0.15, -0.1) is 0 Å². The van der Waals surface area contributed by atoms with Gasteiger partial charge in [-0.3, -0.25) is 0 Å². The number of carbonyl (C=O) groups excluding carboxylic acids is 5. The quantitative estimate of drug-likeness (QED) is 0.0416. The molecule has 0 saturated heterocycles. The number of esters is 5. The van der Waals surface area contributed by atoms with E-state index in [1.165, 1.54) is 30.4 Å². The first-order valence-corrected chi connectivity index (χ1v) is 15.3. The Labute approximate surface area is 287 Å². The predicted molar refractivity (Wildman–Crippen MR) is 182 cm³/mol. The highest BCUT2D eigenvalue weighted by molar-refractivity contribution is 6.30. The molecule has 0 N–H and O–H groups in total. The molecule has 10 nitrogen and oxygen atoms in total. The van der Waals surface area contributed by atoms with Crippen LogP contribution in [-0.2, 0) is 35.2 Å². The fourth-order valence-corrected chi connectivity index (χ4v) is 4.51. The van der Waals surface area contributed by atoms with Crippen LogP contribution < -0.4 is 9.47 Å². The van der Waals surface area contributed by atoms with E-state index in [0.717, 1.165) is 28.5 Å². The van der Waals surface area contributed by atoms with Gasteiger partial charge in [-0.25, -0.2) is 24.0 Å². The zero-order chi connectivity index (χ0) is 35.2. The first-order chi connectivity index (χ1) is 23.6. The van der Waals surface area contributed by atoms with E-state index in [-0.39, 0.29) is 42.4 Å². The van der Waals surface area contributed by atoms with E-state index in [9.17, 15) is 24.0 Å². The topological polar surface area (TPSA) is 132 Å². The molecule has 0 bridgehead atoms. The Morgan fingerprint density at radius 1 is 0.673 bits per heavy atom. The van der Waals surface area contributed by atoms with E-state index >= 15 is 0 Å². The standard InChI is InChI=1S/C38H31ClO10/c1-3-34(40)45-18-5-6-19-46-38(44)32-23-31(48-36(42)17-11-25-8-7-9-30(39)21-25)15-16-33(32)49-37(43)29-14-13-27-20-26(10-12-28(27)22-29)24-47-35(41)4-2/h3-4,7-17,20-23H,1-2,5-6,18-19,24H2/b17-11+. The van der Waals surface area contributed by atoms with Crippen LogP contribution in [0.5, 0.6) is 11.5 Å². The smallest absolute Gasteiger partial charge is 0.343 e. The second kappa shape index (κ2) is 17.8. The summed E-state index contributed by atoms with van der Waals surface area (Å²) in [6, 6.07) is 21.0. The lowest BCUT2D eigenvalue weighted by atomic mass is 10.0. The third kappa shape index (κ3) is 11.0. The summed E-state index contributed by atoms with van der Waals surface area (Å²) in [5.41, 5.74) is 1.47. The molecule has 0 spiro atoms. The summed E-state index contributed by atoms with van der Waals surface area (Å²) in [4.78, 5) is 61.5. The molecule has 0 saturated carbocycles. The molecule has 0 unspecified atom stereocenters. The van der Waals surface area contributed by atoms with Crippen molar-refractivity contribution < 1.29 is 47.7 Å². The average molecular weight is 683 g/mol. The number of hydrogen-bond acceptors (Lipinski definition) is 10. The van der Waals surface area contributed by atoms with Gasteiger partial charge < -0.3 is 23.7 Å². The van der Waals surface area contributed by atoms with Gasteiger partial charge in [0.15, 0.2) is 0 Å². The second-order valence-electron chi connectivity index (χ2n) is 10.3. The number of unbranched alkanes of at least 4 members (excludes halogenated alkanes) is 1. The molecule has 4 aromatic carbocycles. The molecule has 4 aromatic rings. The molecule has 49 heavy (non-hydrogen) atoms. The Bertz CT molecular complexity index is 1930. The van der Waals surface area contributed by atoms with Crippen molar-refractivity contribution in [1.82, 2.24) is 0 Å². The molecule has 0 radical (unpaired) electrons. The van der Waals surface area contributed by atoms with Crippen LogP contribution >= 0.6 is 11.6 Å². The lowest BCUT2D eigenvalue weighted by Gasteiger charge is -2.12. The summed E-state index contributed by atoms with van der Waals surface area (Å²) >= 11 is 5.99. The van der Waals surface area contributed by atoms with Crippen LogP contribution in [0.4, 0.5) is 0 Å². The van der Waals surface area contributed by atoms with Crippen molar-refractivity contribution >= 4 is 58.3 Å². The molecule has 250 valence electrons. The highest BCUT2D eigenvalue weighted by atomic mass is 35.5. The largest absolute Gasteiger partial charge is 0.463 e. The zero-order valence-electron chi connectivity index (χ0n) is 26.2. The Balaban J connectivity index is 1.49. The molecule has 11 heteroatoms. The van der Waals surface area contributed by atoms with Crippen molar-refractivity contribution in [1.29, 1.82) is 0 Å². The van der Waals surface area contributed by atoms with Crippen molar-refractivity contribution in [3.8, 4) is 11.5 Å². The number of carbonyl (C=O) groups is 5. The average Bonchev–Trinajstić information content (AvgIpc) is 3.11. The predicted octanol–water partition coefficient (Wildman–Crippen LogP) is 7.23. The Hall–Kier alpha value is -6.00. The molecule has 0 aliphatic rings. The molecule has 0 amide bonds. The third-order valence-corrected chi connectivity index (χ3v) is 6.96. The molecule has 4 rings (SSSR count).